The summed E-state index contributed by atoms with van der Waals surface area (Å²) in [6.45, 7) is 0. The van der Waals surface area contributed by atoms with Crippen LogP contribution < -0.4 is 4.74 Å². The predicted octanol–water partition coefficient (Wildman–Crippen LogP) is 3.87. The number of nitrogens with zero attached hydrogens (tertiary/aromatic N) is 4. The highest BCUT2D eigenvalue weighted by Crippen LogP contribution is 2.38. The van der Waals surface area contributed by atoms with Gasteiger partial charge in [-0.1, -0.05) is 12.1 Å². The Morgan fingerprint density at radius 3 is 2.73 bits per heavy atom. The summed E-state index contributed by atoms with van der Waals surface area (Å²) in [5, 5.41) is 10.7. The molecule has 0 unspecified atom stereocenters. The van der Waals surface area contributed by atoms with Crippen molar-refractivity contribution in [3.63, 3.8) is 0 Å². The Hall–Kier alpha value is -4.18. The molecule has 0 aliphatic carbocycles. The molecule has 0 saturated heterocycles. The molecule has 1 N–H and O–H groups in total. The number of nitriles is 1. The second-order valence-corrected chi connectivity index (χ2v) is 6.94. The minimum Gasteiger partial charge on any atom is -0.496 e. The molecule has 3 heterocycles. The molecular formula is C23H19N5O2. The average Bonchev–Trinajstić information content (AvgIpc) is 3.22. The lowest BCUT2D eigenvalue weighted by molar-refractivity contribution is 0.0827. The number of hydrogen-bond donors (Lipinski definition) is 1. The van der Waals surface area contributed by atoms with Gasteiger partial charge in [-0.05, 0) is 23.8 Å². The summed E-state index contributed by atoms with van der Waals surface area (Å²) < 4.78 is 5.47. The van der Waals surface area contributed by atoms with Gasteiger partial charge >= 0.3 is 0 Å². The Balaban J connectivity index is 1.95. The standard InChI is InChI=1S/C23H19N5O2/c1-28(2)23(29)15-6-4-5-14(9-15)17-12-26-22-21(16(17)10-24)19(13-27-22)18-11-25-8-7-20(18)30-3/h4-9,11-13H,1-3H3,(H,26,27). The lowest BCUT2D eigenvalue weighted by Crippen LogP contribution is -2.21. The van der Waals surface area contributed by atoms with E-state index in [1.807, 2.05) is 6.07 Å². The molecule has 0 aliphatic rings. The number of ether oxygens (including phenoxy) is 1. The highest BCUT2D eigenvalue weighted by Gasteiger charge is 2.19. The van der Waals surface area contributed by atoms with Crippen molar-refractivity contribution in [3.05, 3.63) is 66.2 Å². The van der Waals surface area contributed by atoms with E-state index in [1.54, 1.807) is 70.3 Å². The number of carbonyl (C=O) groups excluding carboxylic acids is 1. The van der Waals surface area contributed by atoms with Crippen molar-refractivity contribution in [3.8, 4) is 34.1 Å². The number of fused-ring (bicyclic) bond motifs is 1. The van der Waals surface area contributed by atoms with Gasteiger partial charge in [0.1, 0.15) is 17.5 Å². The van der Waals surface area contributed by atoms with Gasteiger partial charge in [0, 0.05) is 66.5 Å². The fourth-order valence-corrected chi connectivity index (χ4v) is 3.48. The van der Waals surface area contributed by atoms with Crippen molar-refractivity contribution in [2.24, 2.45) is 0 Å². The maximum absolute atomic E-state index is 12.4. The molecule has 148 valence electrons. The summed E-state index contributed by atoms with van der Waals surface area (Å²) >= 11 is 0. The van der Waals surface area contributed by atoms with Crippen molar-refractivity contribution >= 4 is 16.9 Å². The van der Waals surface area contributed by atoms with Crippen LogP contribution in [0.25, 0.3) is 33.3 Å². The van der Waals surface area contributed by atoms with Crippen LogP contribution in [0.3, 0.4) is 0 Å². The van der Waals surface area contributed by atoms with Gasteiger partial charge in [-0.3, -0.25) is 9.78 Å². The number of carbonyl (C=O) groups is 1. The number of amides is 1. The van der Waals surface area contributed by atoms with Gasteiger partial charge in [0.15, 0.2) is 0 Å². The number of nitrogens with one attached hydrogen (secondary N) is 1. The summed E-state index contributed by atoms with van der Waals surface area (Å²) in [6, 6.07) is 11.3. The quantitative estimate of drug-likeness (QED) is 0.564. The van der Waals surface area contributed by atoms with Crippen LogP contribution in [0, 0.1) is 11.3 Å². The first-order valence-corrected chi connectivity index (χ1v) is 9.25. The lowest BCUT2D eigenvalue weighted by atomic mass is 9.95. The second kappa shape index (κ2) is 7.68. The SMILES string of the molecule is COc1ccncc1-c1c[nH]c2ncc(-c3cccc(C(=O)N(C)C)c3)c(C#N)c12. The molecule has 0 fully saturated rings. The Labute approximate surface area is 173 Å². The van der Waals surface area contributed by atoms with E-state index < -0.39 is 0 Å². The number of benzene rings is 1. The predicted molar refractivity (Wildman–Crippen MR) is 114 cm³/mol. The normalized spacial score (nSPS) is 10.6. The van der Waals surface area contributed by atoms with Crippen LogP contribution in [0.5, 0.6) is 5.75 Å². The van der Waals surface area contributed by atoms with E-state index in [0.29, 0.717) is 33.5 Å². The molecule has 0 spiro atoms. The molecule has 7 nitrogen and oxygen atoms in total. The van der Waals surface area contributed by atoms with Crippen molar-refractivity contribution < 1.29 is 9.53 Å². The highest BCUT2D eigenvalue weighted by atomic mass is 16.5. The van der Waals surface area contributed by atoms with Gasteiger partial charge in [-0.25, -0.2) is 4.98 Å². The van der Waals surface area contributed by atoms with Gasteiger partial charge in [0.25, 0.3) is 5.91 Å². The Morgan fingerprint density at radius 2 is 2.00 bits per heavy atom. The molecule has 7 heteroatoms. The van der Waals surface area contributed by atoms with E-state index in [9.17, 15) is 10.1 Å². The van der Waals surface area contributed by atoms with Crippen LogP contribution in [0.2, 0.25) is 0 Å². The number of aromatic nitrogens is 3. The average molecular weight is 397 g/mol. The Morgan fingerprint density at radius 1 is 1.17 bits per heavy atom. The zero-order valence-corrected chi connectivity index (χ0v) is 16.8. The topological polar surface area (TPSA) is 94.9 Å². The molecule has 0 aliphatic heterocycles. The summed E-state index contributed by atoms with van der Waals surface area (Å²) in [6.07, 6.45) is 6.81. The number of hydrogen-bond acceptors (Lipinski definition) is 5. The molecule has 30 heavy (non-hydrogen) atoms. The molecular weight excluding hydrogens is 378 g/mol. The van der Waals surface area contributed by atoms with Crippen LogP contribution in [-0.2, 0) is 0 Å². The number of pyridine rings is 2. The van der Waals surface area contributed by atoms with Gasteiger partial charge < -0.3 is 14.6 Å². The summed E-state index contributed by atoms with van der Waals surface area (Å²) in [4.78, 5) is 25.7. The first-order chi connectivity index (χ1) is 14.5. The van der Waals surface area contributed by atoms with E-state index in [0.717, 1.165) is 16.7 Å². The molecule has 1 aromatic carbocycles. The minimum absolute atomic E-state index is 0.105. The van der Waals surface area contributed by atoms with E-state index >= 15 is 0 Å². The molecule has 0 radical (unpaired) electrons. The lowest BCUT2D eigenvalue weighted by Gasteiger charge is -2.12. The largest absolute Gasteiger partial charge is 0.496 e. The monoisotopic (exact) mass is 397 g/mol. The first-order valence-electron chi connectivity index (χ1n) is 9.25. The molecule has 4 rings (SSSR count). The van der Waals surface area contributed by atoms with E-state index in [2.05, 4.69) is 21.0 Å². The number of methoxy groups -OCH3 is 1. The number of H-pyrrole nitrogens is 1. The Bertz CT molecular complexity index is 1300. The van der Waals surface area contributed by atoms with Crippen molar-refractivity contribution in [1.82, 2.24) is 19.9 Å². The van der Waals surface area contributed by atoms with Gasteiger partial charge in [-0.2, -0.15) is 5.26 Å². The molecule has 0 saturated carbocycles. The van der Waals surface area contributed by atoms with Crippen LogP contribution in [-0.4, -0.2) is 47.0 Å². The van der Waals surface area contributed by atoms with Gasteiger partial charge in [0.05, 0.1) is 12.7 Å². The first kappa shape index (κ1) is 19.2. The molecule has 3 aromatic heterocycles. The van der Waals surface area contributed by atoms with Gasteiger partial charge in [-0.15, -0.1) is 0 Å². The van der Waals surface area contributed by atoms with Crippen LogP contribution in [0.4, 0.5) is 0 Å². The maximum Gasteiger partial charge on any atom is 0.253 e. The molecule has 4 aromatic rings. The van der Waals surface area contributed by atoms with Crippen molar-refractivity contribution in [2.75, 3.05) is 21.2 Å². The summed E-state index contributed by atoms with van der Waals surface area (Å²) in [7, 11) is 5.00. The van der Waals surface area contributed by atoms with E-state index in [1.165, 1.54) is 4.90 Å². The number of rotatable bonds is 4. The second-order valence-electron chi connectivity index (χ2n) is 6.94. The summed E-state index contributed by atoms with van der Waals surface area (Å²) in [5.41, 5.74) is 4.55. The Kier molecular flexibility index (Phi) is 4.90. The smallest absolute Gasteiger partial charge is 0.253 e. The van der Waals surface area contributed by atoms with Crippen LogP contribution >= 0.6 is 0 Å². The third kappa shape index (κ3) is 3.14. The van der Waals surface area contributed by atoms with Crippen LogP contribution in [0.1, 0.15) is 15.9 Å². The summed E-state index contributed by atoms with van der Waals surface area (Å²) in [5.74, 6) is 0.547. The zero-order chi connectivity index (χ0) is 21.3. The molecule has 1 amide bonds. The fraction of sp³-hybridized carbons (Fsp3) is 0.130. The molecule has 0 bridgehead atoms. The third-order valence-electron chi connectivity index (χ3n) is 4.93. The molecule has 0 atom stereocenters. The number of aromatic amines is 1. The van der Waals surface area contributed by atoms with E-state index in [4.69, 9.17) is 4.74 Å². The van der Waals surface area contributed by atoms with Gasteiger partial charge in [0.2, 0.25) is 0 Å². The maximum atomic E-state index is 12.4. The van der Waals surface area contributed by atoms with E-state index in [-0.39, 0.29) is 5.91 Å². The highest BCUT2D eigenvalue weighted by molar-refractivity contribution is 6.02. The van der Waals surface area contributed by atoms with Crippen molar-refractivity contribution in [1.29, 1.82) is 5.26 Å². The van der Waals surface area contributed by atoms with Crippen molar-refractivity contribution in [2.45, 2.75) is 0 Å². The zero-order valence-electron chi connectivity index (χ0n) is 16.8. The minimum atomic E-state index is -0.105. The fourth-order valence-electron chi connectivity index (χ4n) is 3.48. The third-order valence-corrected chi connectivity index (χ3v) is 4.93. The van der Waals surface area contributed by atoms with Crippen LogP contribution in [0.15, 0.2) is 55.1 Å².